The van der Waals surface area contributed by atoms with Crippen LogP contribution in [0.15, 0.2) is 30.6 Å². The van der Waals surface area contributed by atoms with Crippen molar-refractivity contribution in [3.05, 3.63) is 47.5 Å². The van der Waals surface area contributed by atoms with E-state index in [9.17, 15) is 9.59 Å². The largest absolute Gasteiger partial charge is 0.487 e. The van der Waals surface area contributed by atoms with Crippen LogP contribution in [0.1, 0.15) is 34.6 Å². The molecule has 0 radical (unpaired) electrons. The van der Waals surface area contributed by atoms with Crippen LogP contribution in [0, 0.1) is 13.8 Å². The lowest BCUT2D eigenvalue weighted by Crippen LogP contribution is -2.45. The fraction of sp³-hybridized carbons (Fsp3) is 0.500. The number of nitrogens with one attached hydrogen (secondary N) is 1. The summed E-state index contributed by atoms with van der Waals surface area (Å²) in [4.78, 5) is 31.6. The molecular formula is C22H30N4O4. The molecule has 1 N–H and O–H groups in total. The van der Waals surface area contributed by atoms with Gasteiger partial charge in [0, 0.05) is 51.3 Å². The van der Waals surface area contributed by atoms with E-state index in [4.69, 9.17) is 9.47 Å². The van der Waals surface area contributed by atoms with Crippen LogP contribution < -0.4 is 10.1 Å². The second-order valence-corrected chi connectivity index (χ2v) is 7.53. The average molecular weight is 415 g/mol. The van der Waals surface area contributed by atoms with Gasteiger partial charge in [-0.3, -0.25) is 14.6 Å². The van der Waals surface area contributed by atoms with E-state index < -0.39 is 6.04 Å². The third kappa shape index (κ3) is 4.64. The highest BCUT2D eigenvalue weighted by Crippen LogP contribution is 2.27. The first-order valence-corrected chi connectivity index (χ1v) is 10.2. The zero-order valence-electron chi connectivity index (χ0n) is 18.1. The van der Waals surface area contributed by atoms with Gasteiger partial charge in [0.15, 0.2) is 0 Å². The SMILES string of the molecule is CNC(=O)[C@@H]1C[C@H](Oc2cccnc2)CN1C(=O)c1cc(C)n(CCCOC)c1C. The Bertz CT molecular complexity index is 881. The van der Waals surface area contributed by atoms with Crippen molar-refractivity contribution in [2.45, 2.75) is 45.4 Å². The molecule has 0 aromatic carbocycles. The molecule has 30 heavy (non-hydrogen) atoms. The highest BCUT2D eigenvalue weighted by molar-refractivity contribution is 5.99. The van der Waals surface area contributed by atoms with Crippen LogP contribution >= 0.6 is 0 Å². The minimum atomic E-state index is -0.569. The number of likely N-dealkylation sites (tertiary alicyclic amines) is 1. The average Bonchev–Trinajstić information content (AvgIpc) is 3.29. The predicted molar refractivity (Wildman–Crippen MR) is 113 cm³/mol. The van der Waals surface area contributed by atoms with Gasteiger partial charge in [-0.25, -0.2) is 0 Å². The van der Waals surface area contributed by atoms with Crippen LogP contribution in [-0.2, 0) is 16.1 Å². The summed E-state index contributed by atoms with van der Waals surface area (Å²) in [6.07, 6.45) is 4.34. The molecule has 1 saturated heterocycles. The van der Waals surface area contributed by atoms with Crippen LogP contribution in [0.5, 0.6) is 5.75 Å². The van der Waals surface area contributed by atoms with Crippen molar-refractivity contribution in [3.63, 3.8) is 0 Å². The smallest absolute Gasteiger partial charge is 0.256 e. The molecule has 8 nitrogen and oxygen atoms in total. The lowest BCUT2D eigenvalue weighted by Gasteiger charge is -2.23. The van der Waals surface area contributed by atoms with E-state index in [1.54, 1.807) is 37.5 Å². The van der Waals surface area contributed by atoms with Gasteiger partial charge in [-0.15, -0.1) is 0 Å². The Balaban J connectivity index is 1.80. The number of hydrogen-bond acceptors (Lipinski definition) is 5. The number of rotatable bonds is 8. The second-order valence-electron chi connectivity index (χ2n) is 7.53. The lowest BCUT2D eigenvalue weighted by atomic mass is 10.1. The van der Waals surface area contributed by atoms with Crippen LogP contribution in [0.3, 0.4) is 0 Å². The summed E-state index contributed by atoms with van der Waals surface area (Å²) in [5.74, 6) is 0.297. The molecule has 0 unspecified atom stereocenters. The zero-order chi connectivity index (χ0) is 21.7. The van der Waals surface area contributed by atoms with E-state index in [2.05, 4.69) is 14.9 Å². The molecule has 8 heteroatoms. The maximum absolute atomic E-state index is 13.4. The first-order valence-electron chi connectivity index (χ1n) is 10.2. The van der Waals surface area contributed by atoms with Gasteiger partial charge in [-0.05, 0) is 38.5 Å². The molecule has 1 fully saturated rings. The van der Waals surface area contributed by atoms with Crippen molar-refractivity contribution < 1.29 is 19.1 Å². The molecule has 1 aliphatic heterocycles. The normalized spacial score (nSPS) is 18.5. The molecule has 2 atom stereocenters. The van der Waals surface area contributed by atoms with Gasteiger partial charge >= 0.3 is 0 Å². The Labute approximate surface area is 177 Å². The third-order valence-electron chi connectivity index (χ3n) is 5.54. The molecule has 0 saturated carbocycles. The van der Waals surface area contributed by atoms with Crippen LogP contribution in [0.4, 0.5) is 0 Å². The monoisotopic (exact) mass is 414 g/mol. The van der Waals surface area contributed by atoms with E-state index in [0.717, 1.165) is 24.4 Å². The number of nitrogens with zero attached hydrogens (tertiary/aromatic N) is 3. The third-order valence-corrected chi connectivity index (χ3v) is 5.54. The van der Waals surface area contributed by atoms with E-state index in [1.165, 1.54) is 0 Å². The number of hydrogen-bond donors (Lipinski definition) is 1. The fourth-order valence-electron chi connectivity index (χ4n) is 4.02. The summed E-state index contributed by atoms with van der Waals surface area (Å²) in [6.45, 7) is 5.73. The summed E-state index contributed by atoms with van der Waals surface area (Å²) in [7, 11) is 3.27. The van der Waals surface area contributed by atoms with Crippen molar-refractivity contribution in [1.29, 1.82) is 0 Å². The highest BCUT2D eigenvalue weighted by atomic mass is 16.5. The number of likely N-dealkylation sites (N-methyl/N-ethyl adjacent to an activating group) is 1. The molecule has 0 bridgehead atoms. The number of carbonyl (C=O) groups is 2. The summed E-state index contributed by atoms with van der Waals surface area (Å²) in [5.41, 5.74) is 2.55. The lowest BCUT2D eigenvalue weighted by molar-refractivity contribution is -0.124. The van der Waals surface area contributed by atoms with Crippen LogP contribution in [0.25, 0.3) is 0 Å². The summed E-state index contributed by atoms with van der Waals surface area (Å²) < 4.78 is 13.3. The Kier molecular flexibility index (Phi) is 7.10. The molecule has 162 valence electrons. The Morgan fingerprint density at radius 3 is 2.80 bits per heavy atom. The number of aryl methyl sites for hydroxylation is 1. The number of pyridine rings is 1. The summed E-state index contributed by atoms with van der Waals surface area (Å²) >= 11 is 0. The molecule has 3 heterocycles. The topological polar surface area (TPSA) is 85.7 Å². The maximum Gasteiger partial charge on any atom is 0.256 e. The van der Waals surface area contributed by atoms with Gasteiger partial charge < -0.3 is 24.3 Å². The number of ether oxygens (including phenoxy) is 2. The van der Waals surface area contributed by atoms with E-state index >= 15 is 0 Å². The van der Waals surface area contributed by atoms with Crippen molar-refractivity contribution in [2.75, 3.05) is 27.3 Å². The van der Waals surface area contributed by atoms with Gasteiger partial charge in [0.1, 0.15) is 17.9 Å². The number of amides is 2. The Morgan fingerprint density at radius 1 is 1.33 bits per heavy atom. The van der Waals surface area contributed by atoms with E-state index in [0.29, 0.717) is 30.9 Å². The van der Waals surface area contributed by atoms with E-state index in [-0.39, 0.29) is 17.9 Å². The fourth-order valence-corrected chi connectivity index (χ4v) is 4.02. The van der Waals surface area contributed by atoms with Crippen molar-refractivity contribution in [2.24, 2.45) is 0 Å². The van der Waals surface area contributed by atoms with Gasteiger partial charge in [0.2, 0.25) is 5.91 Å². The molecule has 0 spiro atoms. The molecule has 2 amide bonds. The quantitative estimate of drug-likeness (QED) is 0.668. The van der Waals surface area contributed by atoms with Gasteiger partial charge in [0.05, 0.1) is 18.3 Å². The first kappa shape index (κ1) is 21.8. The van der Waals surface area contributed by atoms with Crippen molar-refractivity contribution >= 4 is 11.8 Å². The van der Waals surface area contributed by atoms with Gasteiger partial charge in [-0.1, -0.05) is 0 Å². The molecule has 2 aromatic heterocycles. The molecule has 1 aliphatic rings. The molecule has 3 rings (SSSR count). The number of carbonyl (C=O) groups excluding carboxylic acids is 2. The predicted octanol–water partition coefficient (Wildman–Crippen LogP) is 1.94. The van der Waals surface area contributed by atoms with Crippen molar-refractivity contribution in [3.8, 4) is 5.75 Å². The molecule has 2 aromatic rings. The minimum Gasteiger partial charge on any atom is -0.487 e. The van der Waals surface area contributed by atoms with E-state index in [1.807, 2.05) is 26.0 Å². The summed E-state index contributed by atoms with van der Waals surface area (Å²) in [6, 6.07) is 4.95. The standard InChI is InChI=1S/C22H30N4O4/c1-15-11-19(16(2)25(15)9-6-10-29-4)22(28)26-14-18(12-20(26)21(27)23-3)30-17-7-5-8-24-13-17/h5,7-8,11,13,18,20H,6,9-10,12,14H2,1-4H3,(H,23,27)/t18-,20-/m0/s1. The van der Waals surface area contributed by atoms with Crippen LogP contribution in [0.2, 0.25) is 0 Å². The second kappa shape index (κ2) is 9.75. The van der Waals surface area contributed by atoms with Crippen molar-refractivity contribution in [1.82, 2.24) is 19.8 Å². The zero-order valence-corrected chi connectivity index (χ0v) is 18.1. The number of methoxy groups -OCH3 is 1. The Hall–Kier alpha value is -2.87. The Morgan fingerprint density at radius 2 is 2.13 bits per heavy atom. The first-order chi connectivity index (χ1) is 14.5. The maximum atomic E-state index is 13.4. The number of aromatic nitrogens is 2. The van der Waals surface area contributed by atoms with Gasteiger partial charge in [0.25, 0.3) is 5.91 Å². The molecular weight excluding hydrogens is 384 g/mol. The highest BCUT2D eigenvalue weighted by Gasteiger charge is 2.41. The molecule has 0 aliphatic carbocycles. The minimum absolute atomic E-state index is 0.146. The summed E-state index contributed by atoms with van der Waals surface area (Å²) in [5, 5.41) is 2.67. The van der Waals surface area contributed by atoms with Gasteiger partial charge in [-0.2, -0.15) is 0 Å². The van der Waals surface area contributed by atoms with Crippen LogP contribution in [-0.4, -0.2) is 65.7 Å².